The van der Waals surface area contributed by atoms with Crippen molar-refractivity contribution in [2.75, 3.05) is 13.9 Å². The summed E-state index contributed by atoms with van der Waals surface area (Å²) < 4.78 is 37.0. The topological polar surface area (TPSA) is 55.4 Å². The van der Waals surface area contributed by atoms with E-state index in [1.54, 1.807) is 7.11 Å². The molecule has 1 fully saturated rings. The molecule has 0 aromatic heterocycles. The van der Waals surface area contributed by atoms with Gasteiger partial charge in [-0.25, -0.2) is 0 Å². The van der Waals surface area contributed by atoms with Crippen LogP contribution in [0.1, 0.15) is 53.5 Å². The molecular formula is C29H48O6Si. The van der Waals surface area contributed by atoms with Crippen molar-refractivity contribution in [2.24, 2.45) is 0 Å². The Labute approximate surface area is 220 Å². The Kier molecular flexibility index (Phi) is 11.6. The SMILES string of the molecule is C=CC[C@@H](/C=C/[C@H](OCOC)[C@H]1OC(C)(C)O[C@@H]1[C@@H](C)O[Si](C)(C)C(C)(C)C)OCc1ccccc1. The van der Waals surface area contributed by atoms with E-state index in [9.17, 15) is 0 Å². The normalized spacial score (nSPS) is 23.0. The molecule has 0 bridgehead atoms. The Bertz CT molecular complexity index is 817. The zero-order valence-electron chi connectivity index (χ0n) is 23.8. The van der Waals surface area contributed by atoms with Gasteiger partial charge in [0.2, 0.25) is 0 Å². The molecule has 2 rings (SSSR count). The maximum absolute atomic E-state index is 6.70. The van der Waals surface area contributed by atoms with Crippen molar-refractivity contribution in [1.82, 2.24) is 0 Å². The Hall–Kier alpha value is -1.32. The minimum Gasteiger partial charge on any atom is -0.411 e. The number of benzene rings is 1. The van der Waals surface area contributed by atoms with Gasteiger partial charge in [0.15, 0.2) is 14.1 Å². The van der Waals surface area contributed by atoms with Crippen LogP contribution < -0.4 is 0 Å². The average molecular weight is 521 g/mol. The van der Waals surface area contributed by atoms with E-state index >= 15 is 0 Å². The van der Waals surface area contributed by atoms with Crippen LogP contribution in [-0.2, 0) is 34.7 Å². The lowest BCUT2D eigenvalue weighted by molar-refractivity contribution is -0.165. The third-order valence-corrected chi connectivity index (χ3v) is 11.4. The molecule has 0 amide bonds. The van der Waals surface area contributed by atoms with E-state index in [0.717, 1.165) is 5.56 Å². The number of hydrogen-bond acceptors (Lipinski definition) is 6. The molecule has 5 atom stereocenters. The van der Waals surface area contributed by atoms with E-state index in [1.807, 2.05) is 50.3 Å². The van der Waals surface area contributed by atoms with E-state index in [2.05, 4.69) is 59.5 Å². The molecule has 0 radical (unpaired) electrons. The highest BCUT2D eigenvalue weighted by molar-refractivity contribution is 6.74. The van der Waals surface area contributed by atoms with E-state index in [-0.39, 0.29) is 36.2 Å². The van der Waals surface area contributed by atoms with Gasteiger partial charge in [-0.1, -0.05) is 69.3 Å². The lowest BCUT2D eigenvalue weighted by Crippen LogP contribution is -2.50. The van der Waals surface area contributed by atoms with Gasteiger partial charge in [-0.15, -0.1) is 6.58 Å². The van der Waals surface area contributed by atoms with Crippen LogP contribution in [0.3, 0.4) is 0 Å². The first-order valence-corrected chi connectivity index (χ1v) is 15.8. The van der Waals surface area contributed by atoms with Crippen LogP contribution in [0.15, 0.2) is 55.1 Å². The lowest BCUT2D eigenvalue weighted by atomic mass is 10.0. The number of ether oxygens (including phenoxy) is 5. The summed E-state index contributed by atoms with van der Waals surface area (Å²) in [4.78, 5) is 0. The van der Waals surface area contributed by atoms with Gasteiger partial charge in [0.25, 0.3) is 0 Å². The third kappa shape index (κ3) is 9.21. The molecule has 0 saturated carbocycles. The summed E-state index contributed by atoms with van der Waals surface area (Å²) in [7, 11) is -0.400. The molecule has 6 nitrogen and oxygen atoms in total. The first kappa shape index (κ1) is 30.9. The molecular weight excluding hydrogens is 472 g/mol. The molecule has 0 N–H and O–H groups in total. The summed E-state index contributed by atoms with van der Waals surface area (Å²) in [6, 6.07) is 10.1. The number of rotatable bonds is 14. The number of hydrogen-bond donors (Lipinski definition) is 0. The van der Waals surface area contributed by atoms with Crippen molar-refractivity contribution in [3.63, 3.8) is 0 Å². The highest BCUT2D eigenvalue weighted by atomic mass is 28.4. The first-order valence-electron chi connectivity index (χ1n) is 12.9. The fourth-order valence-electron chi connectivity index (χ4n) is 3.93. The van der Waals surface area contributed by atoms with Gasteiger partial charge >= 0.3 is 0 Å². The van der Waals surface area contributed by atoms with E-state index < -0.39 is 20.2 Å². The van der Waals surface area contributed by atoms with Gasteiger partial charge < -0.3 is 28.1 Å². The Morgan fingerprint density at radius 2 is 1.69 bits per heavy atom. The second-order valence-corrected chi connectivity index (χ2v) is 16.2. The highest BCUT2D eigenvalue weighted by Crippen LogP contribution is 2.40. The first-order chi connectivity index (χ1) is 16.8. The largest absolute Gasteiger partial charge is 0.411 e. The van der Waals surface area contributed by atoms with Gasteiger partial charge in [0.05, 0.1) is 18.8 Å². The van der Waals surface area contributed by atoms with Gasteiger partial charge in [0, 0.05) is 7.11 Å². The van der Waals surface area contributed by atoms with Crippen molar-refractivity contribution in [1.29, 1.82) is 0 Å². The summed E-state index contributed by atoms with van der Waals surface area (Å²) in [5, 5.41) is 0.0889. The summed E-state index contributed by atoms with van der Waals surface area (Å²) >= 11 is 0. The van der Waals surface area contributed by atoms with E-state index in [1.165, 1.54) is 0 Å². The Balaban J connectivity index is 2.22. The molecule has 204 valence electrons. The predicted octanol–water partition coefficient (Wildman–Crippen LogP) is 6.62. The summed E-state index contributed by atoms with van der Waals surface area (Å²) in [5.74, 6) is -0.757. The number of methoxy groups -OCH3 is 1. The van der Waals surface area contributed by atoms with Crippen molar-refractivity contribution < 1.29 is 28.1 Å². The van der Waals surface area contributed by atoms with Crippen LogP contribution in [0.5, 0.6) is 0 Å². The maximum Gasteiger partial charge on any atom is 0.192 e. The standard InChI is InChI=1S/C29H48O6Si/c1-11-15-24(31-20-23-16-13-12-14-17-23)18-19-25(32-21-30-8)27-26(33-29(6,7)34-27)22(2)35-36(9,10)28(3,4)5/h11-14,16-19,22,24-27H,1,15,20-21H2,2-10H3/b19-18+/t22-,24+,25+,26-,27-/m1/s1. The smallest absolute Gasteiger partial charge is 0.192 e. The van der Waals surface area contributed by atoms with Gasteiger partial charge in [-0.2, -0.15) is 0 Å². The molecule has 0 spiro atoms. The van der Waals surface area contributed by atoms with Crippen LogP contribution in [0.2, 0.25) is 18.1 Å². The summed E-state index contributed by atoms with van der Waals surface area (Å²) in [5.41, 5.74) is 1.12. The minimum atomic E-state index is -2.01. The van der Waals surface area contributed by atoms with Crippen molar-refractivity contribution in [3.05, 3.63) is 60.7 Å². The quantitative estimate of drug-likeness (QED) is 0.156. The molecule has 1 heterocycles. The molecule has 1 aliphatic heterocycles. The Morgan fingerprint density at radius 3 is 2.28 bits per heavy atom. The minimum absolute atomic E-state index is 0.0889. The average Bonchev–Trinajstić information content (AvgIpc) is 3.12. The van der Waals surface area contributed by atoms with Crippen molar-refractivity contribution >= 4 is 8.32 Å². The fraction of sp³-hybridized carbons (Fsp3) is 0.655. The molecule has 1 aromatic rings. The second kappa shape index (κ2) is 13.5. The van der Waals surface area contributed by atoms with E-state index in [4.69, 9.17) is 28.1 Å². The second-order valence-electron chi connectivity index (χ2n) is 11.4. The molecule has 7 heteroatoms. The molecule has 1 aromatic carbocycles. The van der Waals surface area contributed by atoms with Gasteiger partial charge in [-0.05, 0) is 50.9 Å². The van der Waals surface area contributed by atoms with Crippen LogP contribution in [0.25, 0.3) is 0 Å². The van der Waals surface area contributed by atoms with Gasteiger partial charge in [-0.3, -0.25) is 0 Å². The van der Waals surface area contributed by atoms with Gasteiger partial charge in [0.1, 0.15) is 25.1 Å². The lowest BCUT2D eigenvalue weighted by Gasteiger charge is -2.40. The third-order valence-electron chi connectivity index (χ3n) is 6.84. The highest BCUT2D eigenvalue weighted by Gasteiger charge is 2.50. The fourth-order valence-corrected chi connectivity index (χ4v) is 5.34. The van der Waals surface area contributed by atoms with Crippen LogP contribution >= 0.6 is 0 Å². The monoisotopic (exact) mass is 520 g/mol. The molecule has 1 saturated heterocycles. The van der Waals surface area contributed by atoms with E-state index in [0.29, 0.717) is 13.0 Å². The Morgan fingerprint density at radius 1 is 1.06 bits per heavy atom. The molecule has 36 heavy (non-hydrogen) atoms. The summed E-state index contributed by atoms with van der Waals surface area (Å²) in [6.07, 6.45) is 5.17. The van der Waals surface area contributed by atoms with Crippen molar-refractivity contribution in [3.8, 4) is 0 Å². The molecule has 1 aliphatic rings. The van der Waals surface area contributed by atoms with Crippen LogP contribution in [0.4, 0.5) is 0 Å². The van der Waals surface area contributed by atoms with Crippen LogP contribution in [-0.4, -0.2) is 58.5 Å². The molecule has 0 aliphatic carbocycles. The molecule has 0 unspecified atom stereocenters. The van der Waals surface area contributed by atoms with Crippen molar-refractivity contribution in [2.45, 2.75) is 109 Å². The summed E-state index contributed by atoms with van der Waals surface area (Å²) in [6.45, 7) is 21.7. The zero-order chi connectivity index (χ0) is 27.0. The zero-order valence-corrected chi connectivity index (χ0v) is 24.8. The van der Waals surface area contributed by atoms with Crippen LogP contribution in [0, 0.1) is 0 Å². The maximum atomic E-state index is 6.70. The predicted molar refractivity (Wildman–Crippen MR) is 147 cm³/mol.